The van der Waals surface area contributed by atoms with E-state index in [1.807, 2.05) is 29.9 Å². The molecule has 2 saturated heterocycles. The molecule has 2 aliphatic rings. The number of amides is 1. The normalized spacial score (nSPS) is 24.5. The van der Waals surface area contributed by atoms with Crippen LogP contribution in [0.5, 0.6) is 0 Å². The van der Waals surface area contributed by atoms with Crippen LogP contribution in [0.15, 0.2) is 12.4 Å². The van der Waals surface area contributed by atoms with Crippen molar-refractivity contribution < 1.29 is 9.53 Å². The van der Waals surface area contributed by atoms with Crippen LogP contribution in [-0.2, 0) is 16.6 Å². The SMILES string of the molecule is Cn1cc(N2CCCC(SCC3CCOCC3)C2=O)cn1. The summed E-state index contributed by atoms with van der Waals surface area (Å²) in [5.41, 5.74) is 0.930. The van der Waals surface area contributed by atoms with Crippen molar-refractivity contribution in [3.63, 3.8) is 0 Å². The summed E-state index contributed by atoms with van der Waals surface area (Å²) in [4.78, 5) is 14.6. The summed E-state index contributed by atoms with van der Waals surface area (Å²) in [6, 6.07) is 0. The first-order valence-corrected chi connectivity index (χ1v) is 8.78. The molecular formula is C15H23N3O2S. The number of nitrogens with zero attached hydrogens (tertiary/aromatic N) is 3. The first-order valence-electron chi connectivity index (χ1n) is 7.73. The number of carbonyl (C=O) groups is 1. The predicted molar refractivity (Wildman–Crippen MR) is 84.6 cm³/mol. The number of ether oxygens (including phenoxy) is 1. The lowest BCUT2D eigenvalue weighted by Gasteiger charge is -2.32. The van der Waals surface area contributed by atoms with E-state index in [9.17, 15) is 4.79 Å². The van der Waals surface area contributed by atoms with Crippen LogP contribution >= 0.6 is 11.8 Å². The first-order chi connectivity index (χ1) is 10.2. The van der Waals surface area contributed by atoms with Crippen LogP contribution in [0, 0.1) is 5.92 Å². The van der Waals surface area contributed by atoms with Gasteiger partial charge >= 0.3 is 0 Å². The van der Waals surface area contributed by atoms with Crippen LogP contribution in [0.1, 0.15) is 25.7 Å². The average Bonchev–Trinajstić information content (AvgIpc) is 2.94. The monoisotopic (exact) mass is 309 g/mol. The molecule has 0 aliphatic carbocycles. The van der Waals surface area contributed by atoms with Gasteiger partial charge in [-0.3, -0.25) is 9.48 Å². The Morgan fingerprint density at radius 3 is 2.90 bits per heavy atom. The molecule has 0 bridgehead atoms. The fourth-order valence-corrected chi connectivity index (χ4v) is 4.41. The third-order valence-corrected chi connectivity index (χ3v) is 5.77. The number of aryl methyl sites for hydroxylation is 1. The Kier molecular flexibility index (Phi) is 4.85. The molecular weight excluding hydrogens is 286 g/mol. The lowest BCUT2D eigenvalue weighted by molar-refractivity contribution is -0.119. The van der Waals surface area contributed by atoms with Gasteiger partial charge in [-0.05, 0) is 37.4 Å². The molecule has 0 aromatic carbocycles. The van der Waals surface area contributed by atoms with Crippen molar-refractivity contribution in [1.29, 1.82) is 0 Å². The Bertz CT molecular complexity index is 485. The van der Waals surface area contributed by atoms with E-state index < -0.39 is 0 Å². The molecule has 0 radical (unpaired) electrons. The largest absolute Gasteiger partial charge is 0.381 e. The predicted octanol–water partition coefficient (Wildman–Crippen LogP) is 2.08. The molecule has 5 nitrogen and oxygen atoms in total. The lowest BCUT2D eigenvalue weighted by atomic mass is 10.0. The van der Waals surface area contributed by atoms with Gasteiger partial charge in [0.05, 0.1) is 17.1 Å². The fourth-order valence-electron chi connectivity index (χ4n) is 2.97. The molecule has 1 atom stereocenters. The molecule has 6 heteroatoms. The number of rotatable bonds is 4. The maximum absolute atomic E-state index is 12.7. The topological polar surface area (TPSA) is 47.4 Å². The lowest BCUT2D eigenvalue weighted by Crippen LogP contribution is -2.43. The highest BCUT2D eigenvalue weighted by Gasteiger charge is 2.31. The minimum atomic E-state index is 0.113. The van der Waals surface area contributed by atoms with Crippen molar-refractivity contribution in [3.8, 4) is 0 Å². The van der Waals surface area contributed by atoms with Crippen molar-refractivity contribution in [2.45, 2.75) is 30.9 Å². The molecule has 1 unspecified atom stereocenters. The number of aromatic nitrogens is 2. The zero-order valence-electron chi connectivity index (χ0n) is 12.5. The Hall–Kier alpha value is -1.01. The summed E-state index contributed by atoms with van der Waals surface area (Å²) in [6.45, 7) is 2.58. The Labute approximate surface area is 130 Å². The molecule has 1 aromatic heterocycles. The molecule has 3 rings (SSSR count). The van der Waals surface area contributed by atoms with Crippen molar-refractivity contribution >= 4 is 23.4 Å². The molecule has 21 heavy (non-hydrogen) atoms. The van der Waals surface area contributed by atoms with Crippen molar-refractivity contribution in [1.82, 2.24) is 9.78 Å². The molecule has 0 spiro atoms. The quantitative estimate of drug-likeness (QED) is 0.854. The van der Waals surface area contributed by atoms with Gasteiger partial charge in [-0.15, -0.1) is 11.8 Å². The molecule has 1 amide bonds. The maximum Gasteiger partial charge on any atom is 0.240 e. The summed E-state index contributed by atoms with van der Waals surface area (Å²) >= 11 is 1.84. The van der Waals surface area contributed by atoms with Gasteiger partial charge in [0.15, 0.2) is 0 Å². The van der Waals surface area contributed by atoms with Gasteiger partial charge < -0.3 is 9.64 Å². The van der Waals surface area contributed by atoms with Crippen LogP contribution < -0.4 is 4.90 Å². The second kappa shape index (κ2) is 6.83. The van der Waals surface area contributed by atoms with Gasteiger partial charge in [-0.2, -0.15) is 5.10 Å². The summed E-state index contributed by atoms with van der Waals surface area (Å²) in [7, 11) is 1.88. The first kappa shape index (κ1) is 14.9. The minimum absolute atomic E-state index is 0.113. The molecule has 0 N–H and O–H groups in total. The molecule has 1 aromatic rings. The highest BCUT2D eigenvalue weighted by atomic mass is 32.2. The Morgan fingerprint density at radius 1 is 1.38 bits per heavy atom. The van der Waals surface area contributed by atoms with E-state index in [-0.39, 0.29) is 11.2 Å². The second-order valence-corrected chi connectivity index (χ2v) is 7.12. The van der Waals surface area contributed by atoms with Crippen LogP contribution in [0.3, 0.4) is 0 Å². The molecule has 116 valence electrons. The van der Waals surface area contributed by atoms with E-state index in [0.717, 1.165) is 56.9 Å². The van der Waals surface area contributed by atoms with Gasteiger partial charge in [0.1, 0.15) is 0 Å². The number of piperidine rings is 1. The van der Waals surface area contributed by atoms with E-state index in [1.165, 1.54) is 0 Å². The van der Waals surface area contributed by atoms with Crippen LogP contribution in [0.25, 0.3) is 0 Å². The Balaban J connectivity index is 1.57. The fraction of sp³-hybridized carbons (Fsp3) is 0.733. The zero-order valence-corrected chi connectivity index (χ0v) is 13.3. The van der Waals surface area contributed by atoms with Crippen LogP contribution in [-0.4, -0.2) is 46.4 Å². The molecule has 2 aliphatic heterocycles. The van der Waals surface area contributed by atoms with Crippen LogP contribution in [0.2, 0.25) is 0 Å². The van der Waals surface area contributed by atoms with E-state index in [1.54, 1.807) is 10.9 Å². The standard InChI is InChI=1S/C15H23N3O2S/c1-17-10-13(9-16-17)18-6-2-3-14(15(18)19)21-11-12-4-7-20-8-5-12/h9-10,12,14H,2-8,11H2,1H3. The molecule has 0 saturated carbocycles. The van der Waals surface area contributed by atoms with Crippen molar-refractivity contribution in [2.75, 3.05) is 30.4 Å². The summed E-state index contributed by atoms with van der Waals surface area (Å²) in [6.07, 6.45) is 8.06. The zero-order chi connectivity index (χ0) is 14.7. The van der Waals surface area contributed by atoms with Gasteiger partial charge in [0, 0.05) is 33.0 Å². The van der Waals surface area contributed by atoms with E-state index in [4.69, 9.17) is 4.74 Å². The number of thioether (sulfide) groups is 1. The van der Waals surface area contributed by atoms with Crippen LogP contribution in [0.4, 0.5) is 5.69 Å². The molecule has 2 fully saturated rings. The summed E-state index contributed by atoms with van der Waals surface area (Å²) in [5, 5.41) is 4.29. The van der Waals surface area contributed by atoms with Crippen molar-refractivity contribution in [3.05, 3.63) is 12.4 Å². The van der Waals surface area contributed by atoms with Gasteiger partial charge in [-0.1, -0.05) is 0 Å². The average molecular weight is 309 g/mol. The molecule has 3 heterocycles. The van der Waals surface area contributed by atoms with Gasteiger partial charge in [0.2, 0.25) is 5.91 Å². The van der Waals surface area contributed by atoms with E-state index in [2.05, 4.69) is 5.10 Å². The van der Waals surface area contributed by atoms with Crippen molar-refractivity contribution in [2.24, 2.45) is 13.0 Å². The number of hydrogen-bond donors (Lipinski definition) is 0. The summed E-state index contributed by atoms with van der Waals surface area (Å²) in [5.74, 6) is 2.05. The Morgan fingerprint density at radius 2 is 2.19 bits per heavy atom. The second-order valence-electron chi connectivity index (χ2n) is 5.88. The minimum Gasteiger partial charge on any atom is -0.381 e. The third-order valence-electron chi connectivity index (χ3n) is 4.27. The van der Waals surface area contributed by atoms with Gasteiger partial charge in [0.25, 0.3) is 0 Å². The maximum atomic E-state index is 12.7. The number of hydrogen-bond acceptors (Lipinski definition) is 4. The van der Waals surface area contributed by atoms with E-state index in [0.29, 0.717) is 5.92 Å². The highest BCUT2D eigenvalue weighted by Crippen LogP contribution is 2.30. The summed E-state index contributed by atoms with van der Waals surface area (Å²) < 4.78 is 7.15. The van der Waals surface area contributed by atoms with E-state index >= 15 is 0 Å². The third kappa shape index (κ3) is 3.61. The number of anilines is 1. The number of carbonyl (C=O) groups excluding carboxylic acids is 1. The van der Waals surface area contributed by atoms with Gasteiger partial charge in [-0.25, -0.2) is 0 Å². The highest BCUT2D eigenvalue weighted by molar-refractivity contribution is 8.00. The smallest absolute Gasteiger partial charge is 0.240 e.